The Kier molecular flexibility index (Phi) is 3.49. The smallest absolute Gasteiger partial charge is 0.299 e. The van der Waals surface area contributed by atoms with Crippen LogP contribution in [-0.4, -0.2) is 10.9 Å². The minimum atomic E-state index is -0.465. The van der Waals surface area contributed by atoms with Gasteiger partial charge >= 0.3 is 0 Å². The molecule has 0 saturated heterocycles. The maximum Gasteiger partial charge on any atom is 0.299 e. The van der Waals surface area contributed by atoms with E-state index in [1.807, 2.05) is 12.1 Å². The van der Waals surface area contributed by atoms with Crippen LogP contribution in [0.2, 0.25) is 0 Å². The largest absolute Gasteiger partial charge is 0.431 e. The summed E-state index contributed by atoms with van der Waals surface area (Å²) in [5.41, 5.74) is 14.4. The number of rotatable bonds is 4. The van der Waals surface area contributed by atoms with Crippen molar-refractivity contribution in [2.75, 3.05) is 11.1 Å². The zero-order chi connectivity index (χ0) is 15.5. The third kappa shape index (κ3) is 2.90. The second-order valence-electron chi connectivity index (χ2n) is 4.73. The van der Waals surface area contributed by atoms with Crippen LogP contribution in [0.5, 0.6) is 0 Å². The molecule has 5 N–H and O–H groups in total. The summed E-state index contributed by atoms with van der Waals surface area (Å²) >= 11 is 0. The highest BCUT2D eigenvalue weighted by atomic mass is 16.4. The van der Waals surface area contributed by atoms with E-state index in [9.17, 15) is 4.79 Å². The molecule has 6 nitrogen and oxygen atoms in total. The van der Waals surface area contributed by atoms with Gasteiger partial charge < -0.3 is 21.2 Å². The van der Waals surface area contributed by atoms with E-state index in [0.717, 1.165) is 11.3 Å². The number of hydrogen-bond donors (Lipinski definition) is 3. The van der Waals surface area contributed by atoms with Gasteiger partial charge in [0.2, 0.25) is 5.91 Å². The normalized spacial score (nSPS) is 10.4. The molecule has 0 saturated carbocycles. The Morgan fingerprint density at radius 1 is 1.05 bits per heavy atom. The molecular weight excluding hydrogens is 280 g/mol. The summed E-state index contributed by atoms with van der Waals surface area (Å²) in [5.74, 6) is -0.465. The van der Waals surface area contributed by atoms with Crippen LogP contribution in [0.15, 0.2) is 59.2 Å². The summed E-state index contributed by atoms with van der Waals surface area (Å²) in [6, 6.07) is 14.4. The molecular formula is C16H14N4O2. The average Bonchev–Trinajstić information content (AvgIpc) is 2.97. The minimum Gasteiger partial charge on any atom is -0.431 e. The molecule has 0 radical (unpaired) electrons. The van der Waals surface area contributed by atoms with Crippen LogP contribution >= 0.6 is 0 Å². The molecule has 3 rings (SSSR count). The Labute approximate surface area is 126 Å². The first-order valence-corrected chi connectivity index (χ1v) is 6.60. The van der Waals surface area contributed by atoms with Crippen molar-refractivity contribution in [3.05, 3.63) is 60.4 Å². The molecule has 0 aliphatic carbocycles. The zero-order valence-electron chi connectivity index (χ0n) is 11.6. The molecule has 2 aromatic carbocycles. The first-order chi connectivity index (χ1) is 10.6. The number of nitrogens with two attached hydrogens (primary N) is 2. The van der Waals surface area contributed by atoms with Crippen LogP contribution in [-0.2, 0) is 0 Å². The number of nitrogens with zero attached hydrogens (tertiary/aromatic N) is 1. The third-order valence-corrected chi connectivity index (χ3v) is 3.13. The predicted molar refractivity (Wildman–Crippen MR) is 84.6 cm³/mol. The molecule has 22 heavy (non-hydrogen) atoms. The lowest BCUT2D eigenvalue weighted by atomic mass is 10.1. The molecule has 1 amide bonds. The molecule has 110 valence electrons. The van der Waals surface area contributed by atoms with E-state index in [0.29, 0.717) is 23.0 Å². The Hall–Kier alpha value is -3.28. The van der Waals surface area contributed by atoms with Crippen molar-refractivity contribution in [2.24, 2.45) is 5.73 Å². The molecule has 3 aromatic rings. The molecule has 1 aromatic heterocycles. The van der Waals surface area contributed by atoms with Crippen molar-refractivity contribution >= 4 is 23.3 Å². The van der Waals surface area contributed by atoms with Gasteiger partial charge in [0.25, 0.3) is 6.01 Å². The summed E-state index contributed by atoms with van der Waals surface area (Å²) in [6.07, 6.45) is 1.56. The van der Waals surface area contributed by atoms with Crippen LogP contribution in [0, 0.1) is 0 Å². The summed E-state index contributed by atoms with van der Waals surface area (Å²) in [5, 5.41) is 3.02. The van der Waals surface area contributed by atoms with Crippen LogP contribution in [0.1, 0.15) is 10.4 Å². The maximum absolute atomic E-state index is 11.0. The number of hydrogen-bond acceptors (Lipinski definition) is 5. The highest BCUT2D eigenvalue weighted by Crippen LogP contribution is 2.23. The van der Waals surface area contributed by atoms with Gasteiger partial charge in [0.15, 0.2) is 0 Å². The van der Waals surface area contributed by atoms with Crippen LogP contribution in [0.3, 0.4) is 0 Å². The first-order valence-electron chi connectivity index (χ1n) is 6.60. The fourth-order valence-electron chi connectivity index (χ4n) is 1.96. The van der Waals surface area contributed by atoms with Crippen LogP contribution < -0.4 is 16.8 Å². The highest BCUT2D eigenvalue weighted by molar-refractivity contribution is 5.93. The van der Waals surface area contributed by atoms with Crippen molar-refractivity contribution in [1.82, 2.24) is 4.98 Å². The van der Waals surface area contributed by atoms with E-state index in [2.05, 4.69) is 10.3 Å². The van der Waals surface area contributed by atoms with E-state index < -0.39 is 5.91 Å². The number of carbonyl (C=O) groups is 1. The topological polar surface area (TPSA) is 107 Å². The van der Waals surface area contributed by atoms with Gasteiger partial charge in [-0.15, -0.1) is 0 Å². The van der Waals surface area contributed by atoms with Gasteiger partial charge in [-0.05, 0) is 36.4 Å². The molecule has 0 atom stereocenters. The SMILES string of the molecule is NC(=O)c1ccc(Nc2nc(-c3ccc(N)cc3)co2)cc1. The van der Waals surface area contributed by atoms with Crippen molar-refractivity contribution in [3.8, 4) is 11.3 Å². The lowest BCUT2D eigenvalue weighted by Gasteiger charge is -2.02. The number of nitrogen functional groups attached to an aromatic ring is 1. The molecule has 0 spiro atoms. The second-order valence-corrected chi connectivity index (χ2v) is 4.73. The fraction of sp³-hybridized carbons (Fsp3) is 0. The summed E-state index contributed by atoms with van der Waals surface area (Å²) < 4.78 is 5.39. The monoisotopic (exact) mass is 294 g/mol. The third-order valence-electron chi connectivity index (χ3n) is 3.13. The Morgan fingerprint density at radius 2 is 1.73 bits per heavy atom. The Morgan fingerprint density at radius 3 is 2.36 bits per heavy atom. The quantitative estimate of drug-likeness (QED) is 0.641. The lowest BCUT2D eigenvalue weighted by Crippen LogP contribution is -2.10. The van der Waals surface area contributed by atoms with Crippen molar-refractivity contribution in [3.63, 3.8) is 0 Å². The van der Waals surface area contributed by atoms with Crippen LogP contribution in [0.4, 0.5) is 17.4 Å². The van der Waals surface area contributed by atoms with Gasteiger partial charge in [-0.1, -0.05) is 12.1 Å². The summed E-state index contributed by atoms with van der Waals surface area (Å²) in [6.45, 7) is 0. The number of carbonyl (C=O) groups excluding carboxylic acids is 1. The first kappa shape index (κ1) is 13.7. The molecule has 0 aliphatic heterocycles. The van der Waals surface area contributed by atoms with Gasteiger partial charge in [0.05, 0.1) is 0 Å². The minimum absolute atomic E-state index is 0.360. The molecule has 0 unspecified atom stereocenters. The van der Waals surface area contributed by atoms with Gasteiger partial charge in [-0.25, -0.2) is 0 Å². The standard InChI is InChI=1S/C16H14N4O2/c17-12-5-1-10(2-6-12)14-9-22-16(20-14)19-13-7-3-11(4-8-13)15(18)21/h1-9H,17H2,(H2,18,21)(H,19,20). The van der Waals surface area contributed by atoms with Gasteiger partial charge in [-0.3, -0.25) is 4.79 Å². The van der Waals surface area contributed by atoms with Crippen molar-refractivity contribution in [2.45, 2.75) is 0 Å². The lowest BCUT2D eigenvalue weighted by molar-refractivity contribution is 0.100. The highest BCUT2D eigenvalue weighted by Gasteiger charge is 2.07. The molecule has 6 heteroatoms. The van der Waals surface area contributed by atoms with E-state index in [4.69, 9.17) is 15.9 Å². The number of primary amides is 1. The van der Waals surface area contributed by atoms with Gasteiger partial charge in [0.1, 0.15) is 12.0 Å². The van der Waals surface area contributed by atoms with Gasteiger partial charge in [-0.2, -0.15) is 4.98 Å². The van der Waals surface area contributed by atoms with E-state index in [1.165, 1.54) is 0 Å². The number of aromatic nitrogens is 1. The maximum atomic E-state index is 11.0. The number of benzene rings is 2. The van der Waals surface area contributed by atoms with E-state index >= 15 is 0 Å². The van der Waals surface area contributed by atoms with E-state index in [1.54, 1.807) is 42.7 Å². The number of nitrogens with one attached hydrogen (secondary N) is 1. The fourth-order valence-corrected chi connectivity index (χ4v) is 1.96. The average molecular weight is 294 g/mol. The van der Waals surface area contributed by atoms with Crippen LogP contribution in [0.25, 0.3) is 11.3 Å². The molecule has 1 heterocycles. The number of oxazole rings is 1. The molecule has 0 aliphatic rings. The molecule has 0 fully saturated rings. The van der Waals surface area contributed by atoms with Crippen molar-refractivity contribution in [1.29, 1.82) is 0 Å². The zero-order valence-corrected chi connectivity index (χ0v) is 11.6. The Balaban J connectivity index is 1.76. The second kappa shape index (κ2) is 5.61. The Bertz CT molecular complexity index is 792. The number of anilines is 3. The number of amides is 1. The van der Waals surface area contributed by atoms with Gasteiger partial charge in [0, 0.05) is 22.5 Å². The molecule has 0 bridgehead atoms. The predicted octanol–water partition coefficient (Wildman–Crippen LogP) is 2.77. The summed E-state index contributed by atoms with van der Waals surface area (Å²) in [4.78, 5) is 15.4. The summed E-state index contributed by atoms with van der Waals surface area (Å²) in [7, 11) is 0. The van der Waals surface area contributed by atoms with Crippen molar-refractivity contribution < 1.29 is 9.21 Å². The van der Waals surface area contributed by atoms with E-state index in [-0.39, 0.29) is 0 Å².